The van der Waals surface area contributed by atoms with Crippen molar-refractivity contribution in [3.63, 3.8) is 0 Å². The number of aryl methyl sites for hydroxylation is 2. The number of hydrogen-bond donors (Lipinski definition) is 1. The molecule has 0 aliphatic carbocycles. The van der Waals surface area contributed by atoms with Gasteiger partial charge < -0.3 is 19.5 Å². The Morgan fingerprint density at radius 1 is 1.19 bits per heavy atom. The van der Waals surface area contributed by atoms with Gasteiger partial charge in [0.2, 0.25) is 5.91 Å². The third-order valence-electron chi connectivity index (χ3n) is 5.31. The SMILES string of the molecule is C=CCn1c(CCc2ccccc2)nnc1SCC(=O)Nc1sc(C(=O)N(C)C)c(C)c1C(=O)OC. The molecule has 0 aliphatic rings. The Morgan fingerprint density at radius 2 is 1.92 bits per heavy atom. The van der Waals surface area contributed by atoms with Crippen molar-refractivity contribution in [3.05, 3.63) is 70.4 Å². The molecule has 0 aliphatic heterocycles. The van der Waals surface area contributed by atoms with Crippen molar-refractivity contribution in [1.29, 1.82) is 0 Å². The average Bonchev–Trinajstić information content (AvgIpc) is 3.41. The maximum Gasteiger partial charge on any atom is 0.341 e. The van der Waals surface area contributed by atoms with Gasteiger partial charge in [-0.15, -0.1) is 28.1 Å². The summed E-state index contributed by atoms with van der Waals surface area (Å²) in [4.78, 5) is 39.5. The number of benzene rings is 1. The summed E-state index contributed by atoms with van der Waals surface area (Å²) in [5.74, 6) is -0.344. The predicted octanol–water partition coefficient (Wildman–Crippen LogP) is 3.84. The lowest BCUT2D eigenvalue weighted by molar-refractivity contribution is -0.113. The number of hydrogen-bond acceptors (Lipinski definition) is 8. The summed E-state index contributed by atoms with van der Waals surface area (Å²) < 4.78 is 6.82. The first kappa shape index (κ1) is 27.2. The van der Waals surface area contributed by atoms with Crippen LogP contribution in [0.25, 0.3) is 0 Å². The highest BCUT2D eigenvalue weighted by Gasteiger charge is 2.27. The van der Waals surface area contributed by atoms with Crippen LogP contribution in [0.5, 0.6) is 0 Å². The molecule has 3 aromatic rings. The minimum atomic E-state index is -0.613. The Kier molecular flexibility index (Phi) is 9.43. The van der Waals surface area contributed by atoms with Crippen molar-refractivity contribution < 1.29 is 19.1 Å². The van der Waals surface area contributed by atoms with Gasteiger partial charge >= 0.3 is 5.97 Å². The third-order valence-corrected chi connectivity index (χ3v) is 7.47. The maximum absolute atomic E-state index is 12.8. The van der Waals surface area contributed by atoms with E-state index < -0.39 is 5.97 Å². The monoisotopic (exact) mass is 527 g/mol. The lowest BCUT2D eigenvalue weighted by Crippen LogP contribution is -2.21. The average molecular weight is 528 g/mol. The smallest absolute Gasteiger partial charge is 0.341 e. The number of rotatable bonds is 11. The summed E-state index contributed by atoms with van der Waals surface area (Å²) in [6.45, 7) is 6.01. The Hall–Kier alpha value is -3.44. The first-order valence-corrected chi connectivity index (χ1v) is 13.0. The van der Waals surface area contributed by atoms with Crippen LogP contribution in [-0.4, -0.2) is 64.4 Å². The lowest BCUT2D eigenvalue weighted by atomic mass is 10.1. The number of nitrogens with zero attached hydrogens (tertiary/aromatic N) is 4. The highest BCUT2D eigenvalue weighted by molar-refractivity contribution is 7.99. The summed E-state index contributed by atoms with van der Waals surface area (Å²) in [5, 5.41) is 12.2. The third kappa shape index (κ3) is 6.41. The van der Waals surface area contributed by atoms with Gasteiger partial charge in [0.25, 0.3) is 5.91 Å². The summed E-state index contributed by atoms with van der Waals surface area (Å²) in [6.07, 6.45) is 3.29. The van der Waals surface area contributed by atoms with Gasteiger partial charge in [0.05, 0.1) is 23.3 Å². The fraction of sp³-hybridized carbons (Fsp3) is 0.320. The number of nitrogens with one attached hydrogen (secondary N) is 1. The number of amides is 2. The number of thiophene rings is 1. The number of aromatic nitrogens is 3. The quantitative estimate of drug-likeness (QED) is 0.229. The molecule has 0 saturated heterocycles. The molecule has 0 saturated carbocycles. The molecule has 11 heteroatoms. The minimum Gasteiger partial charge on any atom is -0.465 e. The molecule has 0 unspecified atom stereocenters. The van der Waals surface area contributed by atoms with Gasteiger partial charge in [-0.2, -0.15) is 0 Å². The second-order valence-corrected chi connectivity index (χ2v) is 10.0. The van der Waals surface area contributed by atoms with E-state index >= 15 is 0 Å². The van der Waals surface area contributed by atoms with Crippen molar-refractivity contribution in [2.24, 2.45) is 0 Å². The van der Waals surface area contributed by atoms with Gasteiger partial charge in [-0.25, -0.2) is 4.79 Å². The number of methoxy groups -OCH3 is 1. The zero-order valence-electron chi connectivity index (χ0n) is 20.7. The molecule has 2 aromatic heterocycles. The lowest BCUT2D eigenvalue weighted by Gasteiger charge is -2.08. The number of allylic oxidation sites excluding steroid dienone is 1. The molecule has 9 nitrogen and oxygen atoms in total. The van der Waals surface area contributed by atoms with Crippen LogP contribution in [0.2, 0.25) is 0 Å². The fourth-order valence-electron chi connectivity index (χ4n) is 3.47. The van der Waals surface area contributed by atoms with Crippen LogP contribution in [-0.2, 0) is 28.9 Å². The zero-order valence-corrected chi connectivity index (χ0v) is 22.4. The van der Waals surface area contributed by atoms with Crippen LogP contribution in [0.3, 0.4) is 0 Å². The summed E-state index contributed by atoms with van der Waals surface area (Å²) >= 11 is 2.30. The van der Waals surface area contributed by atoms with Crippen molar-refractivity contribution >= 4 is 45.9 Å². The number of carbonyl (C=O) groups is 3. The highest BCUT2D eigenvalue weighted by atomic mass is 32.2. The summed E-state index contributed by atoms with van der Waals surface area (Å²) in [6, 6.07) is 10.1. The van der Waals surface area contributed by atoms with E-state index in [9.17, 15) is 14.4 Å². The van der Waals surface area contributed by atoms with Crippen molar-refractivity contribution in [3.8, 4) is 0 Å². The van der Waals surface area contributed by atoms with E-state index in [0.29, 0.717) is 28.6 Å². The van der Waals surface area contributed by atoms with Gasteiger partial charge in [0.1, 0.15) is 10.8 Å². The normalized spacial score (nSPS) is 10.7. The van der Waals surface area contributed by atoms with Crippen LogP contribution in [0, 0.1) is 6.92 Å². The molecular formula is C25H29N5O4S2. The van der Waals surface area contributed by atoms with E-state index in [0.717, 1.165) is 23.6 Å². The summed E-state index contributed by atoms with van der Waals surface area (Å²) in [7, 11) is 4.51. The van der Waals surface area contributed by atoms with E-state index in [4.69, 9.17) is 4.74 Å². The molecule has 1 N–H and O–H groups in total. The second kappa shape index (κ2) is 12.5. The number of ether oxygens (including phenoxy) is 1. The van der Waals surface area contributed by atoms with Crippen LogP contribution in [0.4, 0.5) is 5.00 Å². The molecule has 3 rings (SSSR count). The van der Waals surface area contributed by atoms with Crippen LogP contribution in [0.1, 0.15) is 37.0 Å². The number of esters is 1. The Balaban J connectivity index is 1.72. The molecule has 0 spiro atoms. The molecule has 2 heterocycles. The largest absolute Gasteiger partial charge is 0.465 e. The first-order chi connectivity index (χ1) is 17.3. The molecule has 0 radical (unpaired) electrons. The number of carbonyl (C=O) groups excluding carboxylic acids is 3. The molecule has 1 aromatic carbocycles. The molecule has 36 heavy (non-hydrogen) atoms. The van der Waals surface area contributed by atoms with E-state index in [1.807, 2.05) is 22.8 Å². The van der Waals surface area contributed by atoms with Crippen molar-refractivity contribution in [1.82, 2.24) is 19.7 Å². The Labute approximate surface area is 218 Å². The molecule has 190 valence electrons. The number of thioether (sulfide) groups is 1. The highest BCUT2D eigenvalue weighted by Crippen LogP contribution is 2.34. The van der Waals surface area contributed by atoms with Crippen molar-refractivity contribution in [2.45, 2.75) is 31.5 Å². The van der Waals surface area contributed by atoms with Crippen LogP contribution < -0.4 is 5.32 Å². The second-order valence-electron chi connectivity index (χ2n) is 8.07. The standard InChI is InChI=1S/C25H29N5O4S2/c1-6-14-30-18(13-12-17-10-8-7-9-11-17)27-28-25(30)35-15-19(31)26-22-20(24(33)34-5)16(2)21(36-22)23(32)29(3)4/h6-11H,1,12-15H2,2-5H3,(H,26,31). The van der Waals surface area contributed by atoms with Gasteiger partial charge in [-0.05, 0) is 24.5 Å². The van der Waals surface area contributed by atoms with Gasteiger partial charge in [-0.3, -0.25) is 9.59 Å². The Morgan fingerprint density at radius 3 is 2.56 bits per heavy atom. The van der Waals surface area contributed by atoms with Crippen LogP contribution >= 0.6 is 23.1 Å². The van der Waals surface area contributed by atoms with Gasteiger partial charge in [0.15, 0.2) is 5.16 Å². The molecular weight excluding hydrogens is 498 g/mol. The predicted molar refractivity (Wildman–Crippen MR) is 142 cm³/mol. The topological polar surface area (TPSA) is 106 Å². The van der Waals surface area contributed by atoms with Crippen LogP contribution in [0.15, 0.2) is 48.1 Å². The first-order valence-electron chi connectivity index (χ1n) is 11.2. The minimum absolute atomic E-state index is 0.0441. The van der Waals surface area contributed by atoms with E-state index in [2.05, 4.69) is 34.2 Å². The molecule has 0 bridgehead atoms. The van der Waals surface area contributed by atoms with Gasteiger partial charge in [-0.1, -0.05) is 48.2 Å². The molecule has 0 fully saturated rings. The zero-order chi connectivity index (χ0) is 26.2. The Bertz CT molecular complexity index is 1250. The van der Waals surface area contributed by atoms with Crippen molar-refractivity contribution in [2.75, 3.05) is 32.3 Å². The maximum atomic E-state index is 12.8. The number of anilines is 1. The molecule has 2 amide bonds. The van der Waals surface area contributed by atoms with E-state index in [1.165, 1.54) is 29.3 Å². The summed E-state index contributed by atoms with van der Waals surface area (Å²) in [5.41, 5.74) is 1.87. The van der Waals surface area contributed by atoms with Gasteiger partial charge in [0, 0.05) is 27.1 Å². The van der Waals surface area contributed by atoms with E-state index in [1.54, 1.807) is 27.1 Å². The fourth-order valence-corrected chi connectivity index (χ4v) is 5.47. The van der Waals surface area contributed by atoms with E-state index in [-0.39, 0.29) is 28.1 Å². The molecule has 0 atom stereocenters.